The van der Waals surface area contributed by atoms with Crippen molar-refractivity contribution < 1.29 is 19.0 Å². The number of benzene rings is 1. The number of ether oxygens (including phenoxy) is 3. The summed E-state index contributed by atoms with van der Waals surface area (Å²) in [7, 11) is 1.38. The highest BCUT2D eigenvalue weighted by molar-refractivity contribution is 9.10. The summed E-state index contributed by atoms with van der Waals surface area (Å²) in [6.07, 6.45) is 1.61. The van der Waals surface area contributed by atoms with E-state index in [4.69, 9.17) is 15.2 Å². The number of methoxy groups -OCH3 is 1. The molecule has 20 heavy (non-hydrogen) atoms. The second-order valence-electron chi connectivity index (χ2n) is 4.68. The first-order valence-corrected chi connectivity index (χ1v) is 7.30. The monoisotopic (exact) mass is 343 g/mol. The van der Waals surface area contributed by atoms with Crippen LogP contribution in [0.2, 0.25) is 0 Å². The van der Waals surface area contributed by atoms with Crippen LogP contribution in [0.25, 0.3) is 0 Å². The van der Waals surface area contributed by atoms with Crippen LogP contribution in [0.5, 0.6) is 11.5 Å². The summed E-state index contributed by atoms with van der Waals surface area (Å²) >= 11 is 3.48. The molecule has 0 radical (unpaired) electrons. The standard InChI is InChI=1S/C14H18BrNO4/c1-18-13(17)3-2-10(16)6-9-7-11(15)14-12(8-9)19-4-5-20-14/h7-8,10H,2-6,16H2,1H3. The minimum atomic E-state index is -0.233. The van der Waals surface area contributed by atoms with Crippen molar-refractivity contribution in [3.8, 4) is 11.5 Å². The van der Waals surface area contributed by atoms with Gasteiger partial charge in [0.05, 0.1) is 11.6 Å². The first kappa shape index (κ1) is 15.1. The Morgan fingerprint density at radius 3 is 2.95 bits per heavy atom. The molecule has 1 aliphatic rings. The molecule has 0 saturated heterocycles. The van der Waals surface area contributed by atoms with Gasteiger partial charge in [-0.3, -0.25) is 4.79 Å². The molecule has 0 saturated carbocycles. The number of halogens is 1. The third-order valence-corrected chi connectivity index (χ3v) is 3.69. The van der Waals surface area contributed by atoms with E-state index < -0.39 is 0 Å². The van der Waals surface area contributed by atoms with Crippen LogP contribution in [0.3, 0.4) is 0 Å². The largest absolute Gasteiger partial charge is 0.486 e. The fraction of sp³-hybridized carbons (Fsp3) is 0.500. The molecule has 0 aliphatic carbocycles. The summed E-state index contributed by atoms with van der Waals surface area (Å²) in [5.74, 6) is 1.24. The van der Waals surface area contributed by atoms with Crippen molar-refractivity contribution in [1.82, 2.24) is 0 Å². The molecule has 0 spiro atoms. The molecule has 1 aromatic rings. The van der Waals surface area contributed by atoms with Gasteiger partial charge >= 0.3 is 5.97 Å². The maximum atomic E-state index is 11.1. The number of carbonyl (C=O) groups excluding carboxylic acids is 1. The molecule has 1 aromatic carbocycles. The molecule has 0 aromatic heterocycles. The van der Waals surface area contributed by atoms with E-state index in [-0.39, 0.29) is 12.0 Å². The Morgan fingerprint density at radius 1 is 1.45 bits per heavy atom. The Balaban J connectivity index is 1.99. The Bertz CT molecular complexity index is 492. The van der Waals surface area contributed by atoms with Crippen molar-refractivity contribution in [2.75, 3.05) is 20.3 Å². The minimum absolute atomic E-state index is 0.0939. The van der Waals surface area contributed by atoms with Crippen LogP contribution in [0.1, 0.15) is 18.4 Å². The lowest BCUT2D eigenvalue weighted by atomic mass is 10.0. The maximum Gasteiger partial charge on any atom is 0.305 e. The molecule has 1 heterocycles. The highest BCUT2D eigenvalue weighted by atomic mass is 79.9. The molecule has 6 heteroatoms. The first-order chi connectivity index (χ1) is 9.60. The summed E-state index contributed by atoms with van der Waals surface area (Å²) in [6.45, 7) is 1.11. The average Bonchev–Trinajstić information content (AvgIpc) is 2.44. The van der Waals surface area contributed by atoms with Crippen molar-refractivity contribution in [1.29, 1.82) is 0 Å². The predicted octanol–water partition coefficient (Wildman–Crippen LogP) is 2.04. The molecule has 0 amide bonds. The minimum Gasteiger partial charge on any atom is -0.486 e. The van der Waals surface area contributed by atoms with Gasteiger partial charge < -0.3 is 19.9 Å². The van der Waals surface area contributed by atoms with Gasteiger partial charge in [0.25, 0.3) is 0 Å². The molecule has 2 rings (SSSR count). The Kier molecular flexibility index (Phi) is 5.25. The summed E-state index contributed by atoms with van der Waals surface area (Å²) in [4.78, 5) is 11.1. The number of fused-ring (bicyclic) bond motifs is 1. The van der Waals surface area contributed by atoms with E-state index in [1.54, 1.807) is 0 Å². The lowest BCUT2D eigenvalue weighted by Crippen LogP contribution is -2.24. The molecule has 1 unspecified atom stereocenters. The Morgan fingerprint density at radius 2 is 2.20 bits per heavy atom. The van der Waals surface area contributed by atoms with E-state index >= 15 is 0 Å². The van der Waals surface area contributed by atoms with E-state index in [0.717, 1.165) is 21.5 Å². The first-order valence-electron chi connectivity index (χ1n) is 6.50. The molecular formula is C14H18BrNO4. The predicted molar refractivity (Wildman–Crippen MR) is 78.1 cm³/mol. The zero-order valence-corrected chi connectivity index (χ0v) is 12.9. The molecule has 1 atom stereocenters. The van der Waals surface area contributed by atoms with Gasteiger partial charge in [-0.2, -0.15) is 0 Å². The maximum absolute atomic E-state index is 11.1. The third kappa shape index (κ3) is 3.86. The van der Waals surface area contributed by atoms with Crippen molar-refractivity contribution >= 4 is 21.9 Å². The smallest absolute Gasteiger partial charge is 0.305 e. The number of nitrogens with two attached hydrogens (primary N) is 1. The Hall–Kier alpha value is -1.27. The van der Waals surface area contributed by atoms with Gasteiger partial charge in [-0.25, -0.2) is 0 Å². The fourth-order valence-electron chi connectivity index (χ4n) is 2.09. The van der Waals surface area contributed by atoms with Crippen molar-refractivity contribution in [3.63, 3.8) is 0 Å². The van der Waals surface area contributed by atoms with Gasteiger partial charge in [-0.1, -0.05) is 0 Å². The van der Waals surface area contributed by atoms with E-state index in [1.165, 1.54) is 7.11 Å². The van der Waals surface area contributed by atoms with Crippen molar-refractivity contribution in [3.05, 3.63) is 22.2 Å². The van der Waals surface area contributed by atoms with Gasteiger partial charge in [0.1, 0.15) is 13.2 Å². The van der Waals surface area contributed by atoms with Crippen LogP contribution < -0.4 is 15.2 Å². The second-order valence-corrected chi connectivity index (χ2v) is 5.54. The topological polar surface area (TPSA) is 70.8 Å². The summed E-state index contributed by atoms with van der Waals surface area (Å²) in [6, 6.07) is 3.83. The molecule has 2 N–H and O–H groups in total. The van der Waals surface area contributed by atoms with Crippen LogP contribution in [-0.2, 0) is 16.0 Å². The van der Waals surface area contributed by atoms with Gasteiger partial charge in [0.15, 0.2) is 11.5 Å². The van der Waals surface area contributed by atoms with E-state index in [9.17, 15) is 4.79 Å². The molecule has 1 aliphatic heterocycles. The number of rotatable bonds is 5. The van der Waals surface area contributed by atoms with Gasteiger partial charge in [0, 0.05) is 12.5 Å². The summed E-state index contributed by atoms with van der Waals surface area (Å²) in [5, 5.41) is 0. The molecule has 110 valence electrons. The second kappa shape index (κ2) is 6.95. The van der Waals surface area contributed by atoms with Crippen molar-refractivity contribution in [2.45, 2.75) is 25.3 Å². The summed E-state index contributed by atoms with van der Waals surface area (Å²) < 4.78 is 16.6. The highest BCUT2D eigenvalue weighted by Gasteiger charge is 2.17. The number of esters is 1. The van der Waals surface area contributed by atoms with Crippen LogP contribution in [0.15, 0.2) is 16.6 Å². The van der Waals surface area contributed by atoms with Gasteiger partial charge in [0.2, 0.25) is 0 Å². The zero-order valence-electron chi connectivity index (χ0n) is 11.4. The lowest BCUT2D eigenvalue weighted by Gasteiger charge is -2.21. The quantitative estimate of drug-likeness (QED) is 0.828. The van der Waals surface area contributed by atoms with E-state index in [0.29, 0.717) is 32.5 Å². The number of carbonyl (C=O) groups is 1. The van der Waals surface area contributed by atoms with Crippen LogP contribution in [-0.4, -0.2) is 32.3 Å². The summed E-state index contributed by atoms with van der Waals surface area (Å²) in [5.41, 5.74) is 7.09. The Labute approximate surface area is 126 Å². The van der Waals surface area contributed by atoms with Crippen LogP contribution >= 0.6 is 15.9 Å². The highest BCUT2D eigenvalue weighted by Crippen LogP contribution is 2.38. The fourth-order valence-corrected chi connectivity index (χ4v) is 2.70. The molecule has 5 nitrogen and oxygen atoms in total. The van der Waals surface area contributed by atoms with Gasteiger partial charge in [-0.15, -0.1) is 0 Å². The number of hydrogen-bond acceptors (Lipinski definition) is 5. The molecule has 0 fully saturated rings. The zero-order chi connectivity index (χ0) is 14.5. The SMILES string of the molecule is COC(=O)CCC(N)Cc1cc(Br)c2c(c1)OCCO2. The molecule has 0 bridgehead atoms. The normalized spacial score (nSPS) is 14.8. The van der Waals surface area contributed by atoms with Crippen LogP contribution in [0, 0.1) is 0 Å². The van der Waals surface area contributed by atoms with Crippen LogP contribution in [0.4, 0.5) is 0 Å². The van der Waals surface area contributed by atoms with Gasteiger partial charge in [-0.05, 0) is 46.5 Å². The van der Waals surface area contributed by atoms with E-state index in [1.807, 2.05) is 12.1 Å². The number of hydrogen-bond donors (Lipinski definition) is 1. The van der Waals surface area contributed by atoms with E-state index in [2.05, 4.69) is 20.7 Å². The average molecular weight is 344 g/mol. The molecular weight excluding hydrogens is 326 g/mol. The lowest BCUT2D eigenvalue weighted by molar-refractivity contribution is -0.140. The third-order valence-electron chi connectivity index (χ3n) is 3.10. The van der Waals surface area contributed by atoms with Crippen molar-refractivity contribution in [2.24, 2.45) is 5.73 Å².